The molecule has 0 radical (unpaired) electrons. The monoisotopic (exact) mass is 267 g/mol. The van der Waals surface area contributed by atoms with Gasteiger partial charge in [0.2, 0.25) is 0 Å². The zero-order chi connectivity index (χ0) is 13.8. The van der Waals surface area contributed by atoms with Crippen LogP contribution in [0.1, 0.15) is 19.8 Å². The van der Waals surface area contributed by atoms with Gasteiger partial charge in [0.1, 0.15) is 11.6 Å². The van der Waals surface area contributed by atoms with E-state index < -0.39 is 12.2 Å². The zero-order valence-electron chi connectivity index (χ0n) is 10.9. The van der Waals surface area contributed by atoms with Gasteiger partial charge in [0, 0.05) is 13.1 Å². The lowest BCUT2D eigenvalue weighted by molar-refractivity contribution is -0.141. The molecule has 0 saturated carbocycles. The molecule has 0 aliphatic carbocycles. The number of β-amino-alcohol motifs (C(OH)–C–C–N with tert-alkyl or cyclic N) is 1. The van der Waals surface area contributed by atoms with E-state index >= 15 is 0 Å². The summed E-state index contributed by atoms with van der Waals surface area (Å²) in [6.45, 7) is 2.66. The van der Waals surface area contributed by atoms with E-state index in [9.17, 15) is 14.3 Å². The van der Waals surface area contributed by atoms with Gasteiger partial charge in [-0.2, -0.15) is 0 Å². The fourth-order valence-corrected chi connectivity index (χ4v) is 2.18. The van der Waals surface area contributed by atoms with Crippen molar-refractivity contribution in [2.45, 2.75) is 32.0 Å². The van der Waals surface area contributed by atoms with Gasteiger partial charge in [-0.1, -0.05) is 0 Å². The Morgan fingerprint density at radius 1 is 1.47 bits per heavy atom. The van der Waals surface area contributed by atoms with E-state index in [1.807, 2.05) is 0 Å². The molecule has 1 amide bonds. The van der Waals surface area contributed by atoms with Crippen LogP contribution in [0.3, 0.4) is 0 Å². The molecule has 1 aliphatic rings. The number of carbonyl (C=O) groups excluding carboxylic acids is 1. The van der Waals surface area contributed by atoms with Crippen molar-refractivity contribution < 1.29 is 19.0 Å². The van der Waals surface area contributed by atoms with Crippen LogP contribution in [-0.4, -0.2) is 41.2 Å². The van der Waals surface area contributed by atoms with Crippen molar-refractivity contribution >= 4 is 5.91 Å². The summed E-state index contributed by atoms with van der Waals surface area (Å²) in [4.78, 5) is 13.7. The number of hydrogen-bond acceptors (Lipinski definition) is 3. The van der Waals surface area contributed by atoms with E-state index in [0.29, 0.717) is 18.8 Å². The summed E-state index contributed by atoms with van der Waals surface area (Å²) >= 11 is 0. The molecule has 19 heavy (non-hydrogen) atoms. The van der Waals surface area contributed by atoms with Crippen LogP contribution in [0.2, 0.25) is 0 Å². The van der Waals surface area contributed by atoms with E-state index in [0.717, 1.165) is 12.8 Å². The first-order chi connectivity index (χ1) is 9.06. The molecule has 0 aromatic heterocycles. The lowest BCUT2D eigenvalue weighted by Crippen LogP contribution is -2.47. The van der Waals surface area contributed by atoms with Gasteiger partial charge in [0.25, 0.3) is 5.91 Å². The van der Waals surface area contributed by atoms with Crippen LogP contribution in [0.25, 0.3) is 0 Å². The number of aliphatic hydroxyl groups excluding tert-OH is 1. The molecule has 0 bridgehead atoms. The minimum absolute atomic E-state index is 0.150. The highest BCUT2D eigenvalue weighted by molar-refractivity contribution is 5.81. The van der Waals surface area contributed by atoms with Gasteiger partial charge in [0.05, 0.1) is 6.10 Å². The first-order valence-electron chi connectivity index (χ1n) is 6.45. The highest BCUT2D eigenvalue weighted by Gasteiger charge is 2.26. The van der Waals surface area contributed by atoms with Crippen LogP contribution in [0.4, 0.5) is 4.39 Å². The minimum Gasteiger partial charge on any atom is -0.481 e. The Hall–Kier alpha value is -1.62. The van der Waals surface area contributed by atoms with Crippen molar-refractivity contribution in [3.63, 3.8) is 0 Å². The summed E-state index contributed by atoms with van der Waals surface area (Å²) in [5, 5.41) is 9.55. The number of amides is 1. The first-order valence-corrected chi connectivity index (χ1v) is 6.45. The normalized spacial score (nSPS) is 21.0. The highest BCUT2D eigenvalue weighted by Crippen LogP contribution is 2.16. The molecule has 2 atom stereocenters. The number of piperidine rings is 1. The molecule has 2 rings (SSSR count). The largest absolute Gasteiger partial charge is 0.481 e. The van der Waals surface area contributed by atoms with Gasteiger partial charge in [-0.15, -0.1) is 0 Å². The van der Waals surface area contributed by atoms with Crippen LogP contribution in [-0.2, 0) is 4.79 Å². The molecule has 2 unspecified atom stereocenters. The Labute approximate surface area is 111 Å². The van der Waals surface area contributed by atoms with Gasteiger partial charge in [-0.05, 0) is 44.0 Å². The van der Waals surface area contributed by atoms with Crippen molar-refractivity contribution in [3.8, 4) is 5.75 Å². The number of carbonyl (C=O) groups is 1. The molecule has 1 saturated heterocycles. The number of hydrogen-bond donors (Lipinski definition) is 1. The maximum Gasteiger partial charge on any atom is 0.263 e. The van der Waals surface area contributed by atoms with Crippen molar-refractivity contribution in [1.29, 1.82) is 0 Å². The second-order valence-corrected chi connectivity index (χ2v) is 4.79. The molecule has 104 valence electrons. The average molecular weight is 267 g/mol. The summed E-state index contributed by atoms with van der Waals surface area (Å²) in [6, 6.07) is 5.56. The topological polar surface area (TPSA) is 49.8 Å². The molecule has 1 aliphatic heterocycles. The molecule has 5 heteroatoms. The SMILES string of the molecule is CC(Oc1ccc(F)cc1)C(=O)N1CCCC(O)C1. The van der Waals surface area contributed by atoms with Gasteiger partial charge in [-0.25, -0.2) is 4.39 Å². The van der Waals surface area contributed by atoms with Crippen molar-refractivity contribution in [1.82, 2.24) is 4.90 Å². The van der Waals surface area contributed by atoms with Gasteiger partial charge >= 0.3 is 0 Å². The number of aliphatic hydroxyl groups is 1. The summed E-state index contributed by atoms with van der Waals surface area (Å²) < 4.78 is 18.2. The van der Waals surface area contributed by atoms with E-state index in [2.05, 4.69) is 0 Å². The van der Waals surface area contributed by atoms with Crippen LogP contribution in [0.5, 0.6) is 5.75 Å². The van der Waals surface area contributed by atoms with Crippen LogP contribution in [0, 0.1) is 5.82 Å². The Kier molecular flexibility index (Phi) is 4.37. The molecule has 1 aromatic carbocycles. The smallest absolute Gasteiger partial charge is 0.263 e. The number of benzene rings is 1. The third-order valence-corrected chi connectivity index (χ3v) is 3.18. The quantitative estimate of drug-likeness (QED) is 0.904. The second kappa shape index (κ2) is 6.02. The van der Waals surface area contributed by atoms with Gasteiger partial charge in [0.15, 0.2) is 6.10 Å². The Balaban J connectivity index is 1.93. The molecular formula is C14H18FNO3. The molecule has 1 fully saturated rings. The van der Waals surface area contributed by atoms with E-state index in [4.69, 9.17) is 4.74 Å². The van der Waals surface area contributed by atoms with Crippen molar-refractivity contribution in [3.05, 3.63) is 30.1 Å². The van der Waals surface area contributed by atoms with Crippen LogP contribution in [0.15, 0.2) is 24.3 Å². The zero-order valence-corrected chi connectivity index (χ0v) is 10.9. The minimum atomic E-state index is -0.643. The molecule has 1 heterocycles. The molecule has 1 N–H and O–H groups in total. The summed E-state index contributed by atoms with van der Waals surface area (Å²) in [7, 11) is 0. The second-order valence-electron chi connectivity index (χ2n) is 4.79. The van der Waals surface area contributed by atoms with Crippen molar-refractivity contribution in [2.75, 3.05) is 13.1 Å². The number of ether oxygens (including phenoxy) is 1. The number of likely N-dealkylation sites (tertiary alicyclic amines) is 1. The third-order valence-electron chi connectivity index (χ3n) is 3.18. The Morgan fingerprint density at radius 3 is 2.79 bits per heavy atom. The predicted molar refractivity (Wildman–Crippen MR) is 68.3 cm³/mol. The summed E-state index contributed by atoms with van der Waals surface area (Å²) in [5.41, 5.74) is 0. The van der Waals surface area contributed by atoms with Gasteiger partial charge < -0.3 is 14.7 Å². The Morgan fingerprint density at radius 2 is 2.16 bits per heavy atom. The predicted octanol–water partition coefficient (Wildman–Crippen LogP) is 1.58. The highest BCUT2D eigenvalue weighted by atomic mass is 19.1. The maximum atomic E-state index is 12.8. The van der Waals surface area contributed by atoms with E-state index in [-0.39, 0.29) is 11.7 Å². The fourth-order valence-electron chi connectivity index (χ4n) is 2.18. The molecule has 4 nitrogen and oxygen atoms in total. The van der Waals surface area contributed by atoms with Gasteiger partial charge in [-0.3, -0.25) is 4.79 Å². The lowest BCUT2D eigenvalue weighted by atomic mass is 10.1. The van der Waals surface area contributed by atoms with E-state index in [1.165, 1.54) is 24.3 Å². The van der Waals surface area contributed by atoms with Crippen LogP contribution < -0.4 is 4.74 Å². The molecule has 1 aromatic rings. The average Bonchev–Trinajstić information content (AvgIpc) is 2.40. The van der Waals surface area contributed by atoms with Crippen LogP contribution >= 0.6 is 0 Å². The summed E-state index contributed by atoms with van der Waals surface area (Å²) in [6.07, 6.45) is 0.444. The molecule has 0 spiro atoms. The standard InChI is InChI=1S/C14H18FNO3/c1-10(19-13-6-4-11(15)5-7-13)14(18)16-8-2-3-12(17)9-16/h4-7,10,12,17H,2-3,8-9H2,1H3. The lowest BCUT2D eigenvalue weighted by Gasteiger charge is -2.32. The van der Waals surface area contributed by atoms with E-state index in [1.54, 1.807) is 11.8 Å². The summed E-state index contributed by atoms with van der Waals surface area (Å²) in [5.74, 6) is -0.0339. The third kappa shape index (κ3) is 3.67. The number of nitrogens with zero attached hydrogens (tertiary/aromatic N) is 1. The molecular weight excluding hydrogens is 249 g/mol. The number of rotatable bonds is 3. The Bertz CT molecular complexity index is 435. The first kappa shape index (κ1) is 13.8. The van der Waals surface area contributed by atoms with Crippen molar-refractivity contribution in [2.24, 2.45) is 0 Å². The fraction of sp³-hybridized carbons (Fsp3) is 0.500. The maximum absolute atomic E-state index is 12.8. The number of halogens is 1.